The van der Waals surface area contributed by atoms with Crippen molar-refractivity contribution in [1.82, 2.24) is 19.2 Å². The summed E-state index contributed by atoms with van der Waals surface area (Å²) in [6, 6.07) is 15.9. The summed E-state index contributed by atoms with van der Waals surface area (Å²) in [4.78, 5) is 15.1. The highest BCUT2D eigenvalue weighted by molar-refractivity contribution is 7.71. The highest BCUT2D eigenvalue weighted by atomic mass is 32.1. The van der Waals surface area contributed by atoms with Crippen LogP contribution in [0.3, 0.4) is 0 Å². The number of benzene rings is 2. The highest BCUT2D eigenvalue weighted by Crippen LogP contribution is 2.24. The van der Waals surface area contributed by atoms with Gasteiger partial charge in [-0.1, -0.05) is 18.2 Å². The Bertz CT molecular complexity index is 1200. The quantitative estimate of drug-likeness (QED) is 0.481. The van der Waals surface area contributed by atoms with Gasteiger partial charge in [0.2, 0.25) is 5.91 Å². The summed E-state index contributed by atoms with van der Waals surface area (Å²) < 4.78 is 23.8. The van der Waals surface area contributed by atoms with E-state index in [1.54, 1.807) is 12.1 Å². The Kier molecular flexibility index (Phi) is 7.36. The van der Waals surface area contributed by atoms with E-state index in [9.17, 15) is 9.18 Å². The lowest BCUT2D eigenvalue weighted by molar-refractivity contribution is -0.121. The Morgan fingerprint density at radius 1 is 1.11 bits per heavy atom. The molecule has 1 aromatic heterocycles. The van der Waals surface area contributed by atoms with E-state index >= 15 is 0 Å². The van der Waals surface area contributed by atoms with Crippen molar-refractivity contribution in [2.45, 2.75) is 45.0 Å². The van der Waals surface area contributed by atoms with Crippen LogP contribution < -0.4 is 5.32 Å². The molecule has 2 aliphatic heterocycles. The number of halogens is 1. The van der Waals surface area contributed by atoms with Gasteiger partial charge in [0.15, 0.2) is 10.6 Å². The first-order valence-electron chi connectivity index (χ1n) is 12.2. The number of anilines is 1. The van der Waals surface area contributed by atoms with Gasteiger partial charge in [-0.2, -0.15) is 5.10 Å². The molecule has 2 unspecified atom stereocenters. The van der Waals surface area contributed by atoms with Crippen LogP contribution in [0.1, 0.15) is 25.7 Å². The Morgan fingerprint density at radius 3 is 2.66 bits per heavy atom. The predicted octanol–water partition coefficient (Wildman–Crippen LogP) is 4.71. The van der Waals surface area contributed by atoms with E-state index in [0.29, 0.717) is 30.4 Å². The maximum Gasteiger partial charge on any atom is 0.228 e. The van der Waals surface area contributed by atoms with Crippen molar-refractivity contribution in [3.63, 3.8) is 0 Å². The number of aromatic nitrogens is 3. The normalized spacial score (nSPS) is 20.7. The van der Waals surface area contributed by atoms with Gasteiger partial charge in [0.25, 0.3) is 0 Å². The second-order valence-electron chi connectivity index (χ2n) is 9.27. The lowest BCUT2D eigenvalue weighted by Gasteiger charge is -2.31. The Hall–Kier alpha value is -2.88. The van der Waals surface area contributed by atoms with Gasteiger partial charge in [0.1, 0.15) is 5.82 Å². The minimum atomic E-state index is -0.286. The number of amides is 1. The summed E-state index contributed by atoms with van der Waals surface area (Å²) in [5, 5.41) is 7.87. The second-order valence-corrected chi connectivity index (χ2v) is 9.64. The van der Waals surface area contributed by atoms with Crippen LogP contribution >= 0.6 is 12.2 Å². The van der Waals surface area contributed by atoms with Gasteiger partial charge in [-0.15, -0.1) is 0 Å². The van der Waals surface area contributed by atoms with Crippen LogP contribution in [-0.4, -0.2) is 51.0 Å². The fourth-order valence-electron chi connectivity index (χ4n) is 4.86. The van der Waals surface area contributed by atoms with Crippen molar-refractivity contribution in [2.75, 3.05) is 25.0 Å². The molecule has 0 aliphatic carbocycles. The molecule has 3 aromatic rings. The largest absolute Gasteiger partial charge is 0.376 e. The van der Waals surface area contributed by atoms with E-state index in [-0.39, 0.29) is 23.7 Å². The SMILES string of the molecule is O=C(Nc1ccccc1)C1CCCN(Cn2nc(-c3ccc(F)cc3)n(CC3CCCO3)c2=S)C1. The number of rotatable bonds is 7. The summed E-state index contributed by atoms with van der Waals surface area (Å²) in [6.45, 7) is 3.40. The van der Waals surface area contributed by atoms with Gasteiger partial charge in [-0.3, -0.25) is 14.3 Å². The Morgan fingerprint density at radius 2 is 1.91 bits per heavy atom. The predicted molar refractivity (Wildman–Crippen MR) is 135 cm³/mol. The third-order valence-corrected chi connectivity index (χ3v) is 7.12. The van der Waals surface area contributed by atoms with Crippen LogP contribution in [0.2, 0.25) is 0 Å². The molecule has 9 heteroatoms. The molecule has 2 atom stereocenters. The molecule has 2 saturated heterocycles. The first kappa shape index (κ1) is 23.8. The van der Waals surface area contributed by atoms with E-state index in [2.05, 4.69) is 10.2 Å². The van der Waals surface area contributed by atoms with E-state index < -0.39 is 0 Å². The number of hydrogen-bond acceptors (Lipinski definition) is 5. The molecule has 0 radical (unpaired) electrons. The summed E-state index contributed by atoms with van der Waals surface area (Å²) >= 11 is 5.84. The summed E-state index contributed by atoms with van der Waals surface area (Å²) in [5.74, 6) is 0.371. The van der Waals surface area contributed by atoms with Crippen molar-refractivity contribution < 1.29 is 13.9 Å². The number of carbonyl (C=O) groups is 1. The molecule has 0 saturated carbocycles. The topological polar surface area (TPSA) is 64.3 Å². The van der Waals surface area contributed by atoms with Gasteiger partial charge in [-0.05, 0) is 80.8 Å². The molecule has 184 valence electrons. The van der Waals surface area contributed by atoms with Crippen LogP contribution in [0.25, 0.3) is 11.4 Å². The monoisotopic (exact) mass is 495 g/mol. The molecular weight excluding hydrogens is 465 g/mol. The molecule has 1 amide bonds. The van der Waals surface area contributed by atoms with Crippen LogP contribution in [0.15, 0.2) is 54.6 Å². The molecule has 1 N–H and O–H groups in total. The van der Waals surface area contributed by atoms with Crippen LogP contribution in [-0.2, 0) is 22.7 Å². The lowest BCUT2D eigenvalue weighted by atomic mass is 9.97. The number of hydrogen-bond donors (Lipinski definition) is 1. The molecular formula is C26H30FN5O2S. The average molecular weight is 496 g/mol. The number of carbonyl (C=O) groups excluding carboxylic acids is 1. The molecule has 2 aromatic carbocycles. The number of nitrogens with zero attached hydrogens (tertiary/aromatic N) is 4. The summed E-state index contributed by atoms with van der Waals surface area (Å²) in [5.41, 5.74) is 1.63. The molecule has 2 aliphatic rings. The van der Waals surface area contributed by atoms with E-state index in [1.165, 1.54) is 12.1 Å². The van der Waals surface area contributed by atoms with Gasteiger partial charge < -0.3 is 10.1 Å². The summed E-state index contributed by atoms with van der Waals surface area (Å²) in [7, 11) is 0. The smallest absolute Gasteiger partial charge is 0.228 e. The van der Waals surface area contributed by atoms with Gasteiger partial charge in [0, 0.05) is 24.4 Å². The van der Waals surface area contributed by atoms with E-state index in [4.69, 9.17) is 22.1 Å². The van der Waals surface area contributed by atoms with Crippen LogP contribution in [0.4, 0.5) is 10.1 Å². The molecule has 5 rings (SSSR count). The van der Waals surface area contributed by atoms with E-state index in [0.717, 1.165) is 50.1 Å². The van der Waals surface area contributed by atoms with E-state index in [1.807, 2.05) is 39.6 Å². The average Bonchev–Trinajstić information content (AvgIpc) is 3.50. The number of ether oxygens (including phenoxy) is 1. The summed E-state index contributed by atoms with van der Waals surface area (Å²) in [6.07, 6.45) is 3.91. The molecule has 35 heavy (non-hydrogen) atoms. The number of piperidine rings is 1. The molecule has 2 fully saturated rings. The molecule has 0 spiro atoms. The Balaban J connectivity index is 1.33. The maximum atomic E-state index is 13.6. The number of nitrogens with one attached hydrogen (secondary N) is 1. The maximum absolute atomic E-state index is 13.6. The zero-order valence-electron chi connectivity index (χ0n) is 19.6. The molecule has 0 bridgehead atoms. The van der Waals surface area contributed by atoms with Crippen molar-refractivity contribution in [3.05, 3.63) is 65.2 Å². The van der Waals surface area contributed by atoms with Crippen molar-refractivity contribution in [2.24, 2.45) is 5.92 Å². The Labute approximate surface area is 209 Å². The second kappa shape index (κ2) is 10.8. The number of likely N-dealkylation sites (tertiary alicyclic amines) is 1. The zero-order chi connectivity index (χ0) is 24.2. The van der Waals surface area contributed by atoms with Crippen LogP contribution in [0.5, 0.6) is 0 Å². The first-order chi connectivity index (χ1) is 17.1. The van der Waals surface area contributed by atoms with Gasteiger partial charge >= 0.3 is 0 Å². The minimum Gasteiger partial charge on any atom is -0.376 e. The minimum absolute atomic E-state index is 0.0420. The molecule has 7 nitrogen and oxygen atoms in total. The molecule has 3 heterocycles. The third-order valence-electron chi connectivity index (χ3n) is 6.69. The van der Waals surface area contributed by atoms with Crippen molar-refractivity contribution in [3.8, 4) is 11.4 Å². The van der Waals surface area contributed by atoms with Crippen molar-refractivity contribution in [1.29, 1.82) is 0 Å². The fourth-order valence-corrected chi connectivity index (χ4v) is 5.12. The highest BCUT2D eigenvalue weighted by Gasteiger charge is 2.27. The van der Waals surface area contributed by atoms with Gasteiger partial charge in [-0.25, -0.2) is 9.07 Å². The number of para-hydroxylation sites is 1. The first-order valence-corrected chi connectivity index (χ1v) is 12.6. The van der Waals surface area contributed by atoms with Crippen LogP contribution in [0, 0.1) is 16.5 Å². The van der Waals surface area contributed by atoms with Gasteiger partial charge in [0.05, 0.1) is 25.2 Å². The van der Waals surface area contributed by atoms with Crippen molar-refractivity contribution >= 4 is 23.8 Å². The fraction of sp³-hybridized carbons (Fsp3) is 0.423. The standard InChI is InChI=1S/C26H30FN5O2S/c27-21-12-10-19(11-13-21)24-29-32(26(35)31(24)17-23-9-5-15-34-23)18-30-14-4-6-20(16-30)25(33)28-22-7-2-1-3-8-22/h1-3,7-8,10-13,20,23H,4-6,9,14-18H2,(H,28,33). The zero-order valence-corrected chi connectivity index (χ0v) is 20.4. The third kappa shape index (κ3) is 5.69. The lowest BCUT2D eigenvalue weighted by Crippen LogP contribution is -2.41.